The number of hydrogen-bond acceptors (Lipinski definition) is 3. The third kappa shape index (κ3) is 5.97. The molecule has 0 fully saturated rings. The molecule has 136 valence electrons. The number of carbonyl (C=O) groups is 1. The predicted octanol–water partition coefficient (Wildman–Crippen LogP) is 4.74. The molecular formula is C18H25ClN4OS. The molecule has 0 spiro atoms. The lowest BCUT2D eigenvalue weighted by molar-refractivity contribution is -0.122. The number of aromatic nitrogens is 3. The van der Waals surface area contributed by atoms with Crippen LogP contribution >= 0.6 is 23.8 Å². The Kier molecular flexibility index (Phi) is 7.65. The van der Waals surface area contributed by atoms with Crippen molar-refractivity contribution in [2.24, 2.45) is 0 Å². The molecule has 2 rings (SSSR count). The van der Waals surface area contributed by atoms with Gasteiger partial charge in [0.2, 0.25) is 5.91 Å². The molecule has 0 aliphatic heterocycles. The fourth-order valence-corrected chi connectivity index (χ4v) is 3.02. The molecular weight excluding hydrogens is 356 g/mol. The molecule has 1 atom stereocenters. The zero-order chi connectivity index (χ0) is 18.2. The highest BCUT2D eigenvalue weighted by Crippen LogP contribution is 2.19. The normalized spacial score (nSPS) is 12.1. The molecule has 1 amide bonds. The van der Waals surface area contributed by atoms with Crippen LogP contribution in [-0.4, -0.2) is 26.7 Å². The van der Waals surface area contributed by atoms with Crippen molar-refractivity contribution in [1.82, 2.24) is 20.1 Å². The third-order valence-electron chi connectivity index (χ3n) is 4.06. The van der Waals surface area contributed by atoms with Crippen LogP contribution in [0.25, 0.3) is 11.4 Å². The lowest BCUT2D eigenvalue weighted by Crippen LogP contribution is -2.35. The second-order valence-corrected chi connectivity index (χ2v) is 7.09. The van der Waals surface area contributed by atoms with Gasteiger partial charge in [0.25, 0.3) is 0 Å². The van der Waals surface area contributed by atoms with Crippen LogP contribution in [0.1, 0.15) is 46.0 Å². The van der Waals surface area contributed by atoms with Crippen LogP contribution in [0.3, 0.4) is 0 Å². The van der Waals surface area contributed by atoms with E-state index in [-0.39, 0.29) is 18.5 Å². The van der Waals surface area contributed by atoms with E-state index in [9.17, 15) is 4.79 Å². The first-order valence-electron chi connectivity index (χ1n) is 8.71. The van der Waals surface area contributed by atoms with E-state index in [1.165, 1.54) is 19.3 Å². The molecule has 0 radical (unpaired) electrons. The van der Waals surface area contributed by atoms with Crippen LogP contribution in [0.15, 0.2) is 24.3 Å². The second-order valence-electron chi connectivity index (χ2n) is 6.26. The molecule has 2 aromatic rings. The van der Waals surface area contributed by atoms with E-state index in [0.29, 0.717) is 15.6 Å². The Labute approximate surface area is 158 Å². The summed E-state index contributed by atoms with van der Waals surface area (Å²) in [6, 6.07) is 7.45. The maximum absolute atomic E-state index is 12.4. The number of H-pyrrole nitrogens is 1. The zero-order valence-corrected chi connectivity index (χ0v) is 16.3. The average Bonchev–Trinajstić information content (AvgIpc) is 2.93. The highest BCUT2D eigenvalue weighted by atomic mass is 35.5. The summed E-state index contributed by atoms with van der Waals surface area (Å²) in [6.07, 6.45) is 5.80. The van der Waals surface area contributed by atoms with Gasteiger partial charge in [0.1, 0.15) is 6.54 Å². The van der Waals surface area contributed by atoms with Crippen molar-refractivity contribution in [3.05, 3.63) is 34.1 Å². The van der Waals surface area contributed by atoms with E-state index in [1.807, 2.05) is 19.1 Å². The van der Waals surface area contributed by atoms with Crippen LogP contribution in [0.5, 0.6) is 0 Å². The molecule has 1 aromatic heterocycles. The fourth-order valence-electron chi connectivity index (χ4n) is 2.70. The smallest absolute Gasteiger partial charge is 0.240 e. The first-order valence-corrected chi connectivity index (χ1v) is 9.50. The molecule has 0 saturated heterocycles. The van der Waals surface area contributed by atoms with E-state index >= 15 is 0 Å². The minimum atomic E-state index is -0.0595. The monoisotopic (exact) mass is 380 g/mol. The predicted molar refractivity (Wildman–Crippen MR) is 104 cm³/mol. The van der Waals surface area contributed by atoms with Crippen molar-refractivity contribution in [2.45, 2.75) is 58.5 Å². The second kappa shape index (κ2) is 9.73. The molecule has 0 bridgehead atoms. The Balaban J connectivity index is 1.98. The maximum atomic E-state index is 12.4. The lowest BCUT2D eigenvalue weighted by Gasteiger charge is -2.14. The summed E-state index contributed by atoms with van der Waals surface area (Å²) in [5, 5.41) is 10.7. The molecule has 1 aromatic carbocycles. The molecule has 1 unspecified atom stereocenters. The Bertz CT molecular complexity index is 738. The van der Waals surface area contributed by atoms with Crippen LogP contribution in [0.2, 0.25) is 5.02 Å². The van der Waals surface area contributed by atoms with E-state index < -0.39 is 0 Å². The molecule has 7 heteroatoms. The maximum Gasteiger partial charge on any atom is 0.240 e. The number of amides is 1. The van der Waals surface area contributed by atoms with Gasteiger partial charge in [-0.1, -0.05) is 44.2 Å². The minimum Gasteiger partial charge on any atom is -0.352 e. The zero-order valence-electron chi connectivity index (χ0n) is 14.7. The molecule has 25 heavy (non-hydrogen) atoms. The van der Waals surface area contributed by atoms with Gasteiger partial charge in [-0.15, -0.1) is 0 Å². The molecule has 0 saturated carbocycles. The summed E-state index contributed by atoms with van der Waals surface area (Å²) < 4.78 is 2.13. The lowest BCUT2D eigenvalue weighted by atomic mass is 10.1. The topological polar surface area (TPSA) is 62.7 Å². The van der Waals surface area contributed by atoms with Gasteiger partial charge in [0.15, 0.2) is 10.6 Å². The highest BCUT2D eigenvalue weighted by Gasteiger charge is 2.14. The van der Waals surface area contributed by atoms with Gasteiger partial charge in [-0.25, -0.2) is 0 Å². The van der Waals surface area contributed by atoms with Gasteiger partial charge in [0.05, 0.1) is 0 Å². The minimum absolute atomic E-state index is 0.0595. The van der Waals surface area contributed by atoms with Crippen molar-refractivity contribution in [3.8, 4) is 11.4 Å². The summed E-state index contributed by atoms with van der Waals surface area (Å²) in [7, 11) is 0. The van der Waals surface area contributed by atoms with Crippen molar-refractivity contribution in [1.29, 1.82) is 0 Å². The number of aromatic amines is 1. The largest absolute Gasteiger partial charge is 0.352 e. The van der Waals surface area contributed by atoms with E-state index in [0.717, 1.165) is 18.4 Å². The SMILES string of the molecule is CCCCCCC(C)NC(=O)Cn1c(-c2ccc(Cl)cc2)n[nH]c1=S. The van der Waals surface area contributed by atoms with Crippen LogP contribution in [0, 0.1) is 4.77 Å². The quantitative estimate of drug-likeness (QED) is 0.488. The Morgan fingerprint density at radius 3 is 2.72 bits per heavy atom. The first-order chi connectivity index (χ1) is 12.0. The van der Waals surface area contributed by atoms with Crippen molar-refractivity contribution < 1.29 is 4.79 Å². The fraction of sp³-hybridized carbons (Fsp3) is 0.500. The van der Waals surface area contributed by atoms with Gasteiger partial charge in [-0.2, -0.15) is 5.10 Å². The Morgan fingerprint density at radius 1 is 1.32 bits per heavy atom. The van der Waals surface area contributed by atoms with Crippen LogP contribution in [-0.2, 0) is 11.3 Å². The first kappa shape index (κ1) is 19.7. The van der Waals surface area contributed by atoms with Crippen LogP contribution < -0.4 is 5.32 Å². The molecule has 5 nitrogen and oxygen atoms in total. The molecule has 2 N–H and O–H groups in total. The van der Waals surface area contributed by atoms with E-state index in [4.69, 9.17) is 23.8 Å². The number of halogens is 1. The van der Waals surface area contributed by atoms with Crippen molar-refractivity contribution in [3.63, 3.8) is 0 Å². The number of nitrogens with one attached hydrogen (secondary N) is 2. The summed E-state index contributed by atoms with van der Waals surface area (Å²) >= 11 is 11.2. The third-order valence-corrected chi connectivity index (χ3v) is 4.62. The van der Waals surface area contributed by atoms with Crippen molar-refractivity contribution in [2.75, 3.05) is 0 Å². The van der Waals surface area contributed by atoms with Gasteiger partial charge < -0.3 is 5.32 Å². The molecule has 0 aliphatic rings. The average molecular weight is 381 g/mol. The Hall–Kier alpha value is -1.66. The number of nitrogens with zero attached hydrogens (tertiary/aromatic N) is 2. The highest BCUT2D eigenvalue weighted by molar-refractivity contribution is 7.71. The van der Waals surface area contributed by atoms with Gasteiger partial charge in [-0.3, -0.25) is 14.5 Å². The van der Waals surface area contributed by atoms with Gasteiger partial charge >= 0.3 is 0 Å². The Morgan fingerprint density at radius 2 is 2.04 bits per heavy atom. The van der Waals surface area contributed by atoms with Gasteiger partial charge in [-0.05, 0) is 49.8 Å². The standard InChI is InChI=1S/C18H25ClN4OS/c1-3-4-5-6-7-13(2)20-16(24)12-23-17(21-22-18(23)25)14-8-10-15(19)11-9-14/h8-11,13H,3-7,12H2,1-2H3,(H,20,24)(H,22,25). The van der Waals surface area contributed by atoms with Gasteiger partial charge in [0, 0.05) is 16.6 Å². The summed E-state index contributed by atoms with van der Waals surface area (Å²) in [4.78, 5) is 12.4. The van der Waals surface area contributed by atoms with Crippen LogP contribution in [0.4, 0.5) is 0 Å². The number of unbranched alkanes of at least 4 members (excludes halogenated alkanes) is 3. The summed E-state index contributed by atoms with van der Waals surface area (Å²) in [6.45, 7) is 4.38. The number of benzene rings is 1. The van der Waals surface area contributed by atoms with E-state index in [1.54, 1.807) is 16.7 Å². The summed E-state index contributed by atoms with van der Waals surface area (Å²) in [5.41, 5.74) is 0.858. The molecule has 0 aliphatic carbocycles. The number of rotatable bonds is 9. The van der Waals surface area contributed by atoms with E-state index in [2.05, 4.69) is 22.4 Å². The summed E-state index contributed by atoms with van der Waals surface area (Å²) in [5.74, 6) is 0.572. The molecule has 1 heterocycles. The van der Waals surface area contributed by atoms with Crippen molar-refractivity contribution >= 4 is 29.7 Å². The number of hydrogen-bond donors (Lipinski definition) is 2. The number of carbonyl (C=O) groups excluding carboxylic acids is 1.